The fourth-order valence-electron chi connectivity index (χ4n) is 0.730. The van der Waals surface area contributed by atoms with Crippen LogP contribution in [0.2, 0.25) is 0 Å². The normalized spacial score (nSPS) is 12.9. The first kappa shape index (κ1) is 13.2. The maximum Gasteiger partial charge on any atom is 0.261 e. The number of halogens is 2. The van der Waals surface area contributed by atoms with E-state index >= 15 is 0 Å². The van der Waals surface area contributed by atoms with Gasteiger partial charge in [-0.1, -0.05) is 0 Å². The average Bonchev–Trinajstić information content (AvgIpc) is 2.12. The predicted molar refractivity (Wildman–Crippen MR) is 46.1 cm³/mol. The van der Waals surface area contributed by atoms with E-state index in [0.29, 0.717) is 0 Å². The monoisotopic (exact) mass is 211 g/mol. The zero-order valence-corrected chi connectivity index (χ0v) is 8.00. The minimum Gasteiger partial charge on any atom is -0.394 e. The lowest BCUT2D eigenvalue weighted by molar-refractivity contribution is -0.123. The van der Waals surface area contributed by atoms with Crippen LogP contribution in [0.25, 0.3) is 0 Å². The van der Waals surface area contributed by atoms with E-state index in [2.05, 4.69) is 10.1 Å². The lowest BCUT2D eigenvalue weighted by atomic mass is 10.3. The van der Waals surface area contributed by atoms with Gasteiger partial charge in [-0.25, -0.2) is 8.78 Å². The van der Waals surface area contributed by atoms with Gasteiger partial charge in [-0.15, -0.1) is 0 Å². The molecule has 4 nitrogen and oxygen atoms in total. The molecule has 0 aromatic rings. The van der Waals surface area contributed by atoms with E-state index in [9.17, 15) is 13.6 Å². The van der Waals surface area contributed by atoms with Gasteiger partial charge in [0.25, 0.3) is 6.43 Å². The van der Waals surface area contributed by atoms with E-state index in [4.69, 9.17) is 5.11 Å². The summed E-state index contributed by atoms with van der Waals surface area (Å²) in [5.41, 5.74) is 0. The molecule has 1 amide bonds. The van der Waals surface area contributed by atoms with Gasteiger partial charge in [0.05, 0.1) is 13.2 Å². The van der Waals surface area contributed by atoms with E-state index in [1.807, 2.05) is 0 Å². The fourth-order valence-corrected chi connectivity index (χ4v) is 0.730. The van der Waals surface area contributed by atoms with E-state index in [-0.39, 0.29) is 31.6 Å². The number of carbonyl (C=O) groups excluding carboxylic acids is 1. The van der Waals surface area contributed by atoms with Crippen LogP contribution in [-0.2, 0) is 9.53 Å². The Balaban J connectivity index is 3.36. The minimum absolute atomic E-state index is 0.0249. The molecule has 1 atom stereocenters. The Labute approximate surface area is 81.2 Å². The van der Waals surface area contributed by atoms with Crippen molar-refractivity contribution < 1.29 is 23.4 Å². The van der Waals surface area contributed by atoms with Crippen LogP contribution in [0.3, 0.4) is 0 Å². The molecule has 0 radical (unpaired) electrons. The third-order valence-corrected chi connectivity index (χ3v) is 1.40. The van der Waals surface area contributed by atoms with Gasteiger partial charge in [0.2, 0.25) is 5.91 Å². The Morgan fingerprint density at radius 1 is 1.57 bits per heavy atom. The number of aliphatic hydroxyl groups excluding tert-OH is 1. The number of rotatable bonds is 7. The molecule has 0 aliphatic rings. The van der Waals surface area contributed by atoms with Gasteiger partial charge in [0.15, 0.2) is 0 Å². The van der Waals surface area contributed by atoms with Crippen molar-refractivity contribution in [2.24, 2.45) is 0 Å². The average molecular weight is 211 g/mol. The van der Waals surface area contributed by atoms with Gasteiger partial charge in [-0.3, -0.25) is 4.79 Å². The first-order valence-corrected chi connectivity index (χ1v) is 4.32. The molecule has 0 unspecified atom stereocenters. The molecule has 2 N–H and O–H groups in total. The number of hydrogen-bond donors (Lipinski definition) is 2. The molecule has 0 bridgehead atoms. The Morgan fingerprint density at radius 3 is 2.71 bits per heavy atom. The standard InChI is InChI=1S/C8H15F2NO3/c1-6(4-12)11-8(13)2-3-14-5-7(9)10/h6-7,12H,2-5H2,1H3,(H,11,13)/t6-/m1/s1. The zero-order valence-electron chi connectivity index (χ0n) is 8.00. The summed E-state index contributed by atoms with van der Waals surface area (Å²) in [6.07, 6.45) is -2.48. The highest BCUT2D eigenvalue weighted by molar-refractivity contribution is 5.76. The van der Waals surface area contributed by atoms with Crippen molar-refractivity contribution in [1.29, 1.82) is 0 Å². The molecule has 0 saturated heterocycles. The highest BCUT2D eigenvalue weighted by atomic mass is 19.3. The van der Waals surface area contributed by atoms with Crippen molar-refractivity contribution in [1.82, 2.24) is 5.32 Å². The van der Waals surface area contributed by atoms with E-state index in [0.717, 1.165) is 0 Å². The molecular weight excluding hydrogens is 196 g/mol. The Bertz CT molecular complexity index is 167. The minimum atomic E-state index is -2.51. The van der Waals surface area contributed by atoms with Gasteiger partial charge in [0, 0.05) is 12.5 Å². The van der Waals surface area contributed by atoms with E-state index in [1.165, 1.54) is 0 Å². The number of hydrogen-bond acceptors (Lipinski definition) is 3. The molecule has 0 saturated carbocycles. The number of ether oxygens (including phenoxy) is 1. The van der Waals surface area contributed by atoms with Crippen molar-refractivity contribution in [3.8, 4) is 0 Å². The van der Waals surface area contributed by atoms with Crippen LogP contribution in [-0.4, -0.2) is 43.3 Å². The second-order valence-electron chi connectivity index (χ2n) is 2.87. The van der Waals surface area contributed by atoms with Gasteiger partial charge in [-0.05, 0) is 6.92 Å². The van der Waals surface area contributed by atoms with Gasteiger partial charge >= 0.3 is 0 Å². The first-order chi connectivity index (χ1) is 6.56. The van der Waals surface area contributed by atoms with Crippen molar-refractivity contribution in [2.45, 2.75) is 25.8 Å². The zero-order chi connectivity index (χ0) is 11.0. The van der Waals surface area contributed by atoms with E-state index < -0.39 is 13.0 Å². The summed E-state index contributed by atoms with van der Waals surface area (Å²) >= 11 is 0. The Kier molecular flexibility index (Phi) is 7.23. The van der Waals surface area contributed by atoms with Crippen LogP contribution >= 0.6 is 0 Å². The topological polar surface area (TPSA) is 58.6 Å². The third kappa shape index (κ3) is 7.88. The summed E-state index contributed by atoms with van der Waals surface area (Å²) in [5, 5.41) is 11.0. The molecule has 0 spiro atoms. The van der Waals surface area contributed by atoms with Crippen LogP contribution < -0.4 is 5.32 Å². The number of alkyl halides is 2. The number of carbonyl (C=O) groups is 1. The molecule has 0 aromatic carbocycles. The van der Waals surface area contributed by atoms with Gasteiger partial charge < -0.3 is 15.2 Å². The maximum atomic E-state index is 11.6. The second kappa shape index (κ2) is 7.64. The lowest BCUT2D eigenvalue weighted by Crippen LogP contribution is -2.35. The molecule has 84 valence electrons. The summed E-state index contributed by atoms with van der Waals surface area (Å²) < 4.78 is 27.6. The summed E-state index contributed by atoms with van der Waals surface area (Å²) in [7, 11) is 0. The lowest BCUT2D eigenvalue weighted by Gasteiger charge is -2.10. The highest BCUT2D eigenvalue weighted by Crippen LogP contribution is 1.93. The molecule has 0 heterocycles. The van der Waals surface area contributed by atoms with Crippen molar-refractivity contribution in [3.63, 3.8) is 0 Å². The fraction of sp³-hybridized carbons (Fsp3) is 0.875. The largest absolute Gasteiger partial charge is 0.394 e. The molecular formula is C8H15F2NO3. The molecule has 14 heavy (non-hydrogen) atoms. The Hall–Kier alpha value is -0.750. The van der Waals surface area contributed by atoms with Crippen LogP contribution in [0.1, 0.15) is 13.3 Å². The van der Waals surface area contributed by atoms with Gasteiger partial charge in [0.1, 0.15) is 6.61 Å². The smallest absolute Gasteiger partial charge is 0.261 e. The van der Waals surface area contributed by atoms with Crippen molar-refractivity contribution >= 4 is 5.91 Å². The van der Waals surface area contributed by atoms with Gasteiger partial charge in [-0.2, -0.15) is 0 Å². The molecule has 0 fully saturated rings. The molecule has 6 heteroatoms. The van der Waals surface area contributed by atoms with Crippen molar-refractivity contribution in [3.05, 3.63) is 0 Å². The molecule has 0 aliphatic heterocycles. The van der Waals surface area contributed by atoms with Crippen LogP contribution in [0.15, 0.2) is 0 Å². The highest BCUT2D eigenvalue weighted by Gasteiger charge is 2.07. The maximum absolute atomic E-state index is 11.6. The van der Waals surface area contributed by atoms with Crippen LogP contribution in [0, 0.1) is 0 Å². The third-order valence-electron chi connectivity index (χ3n) is 1.40. The summed E-state index contributed by atoms with van der Waals surface area (Å²) in [4.78, 5) is 11.0. The summed E-state index contributed by atoms with van der Waals surface area (Å²) in [5.74, 6) is -0.319. The number of aliphatic hydroxyl groups is 1. The quantitative estimate of drug-likeness (QED) is 0.589. The van der Waals surface area contributed by atoms with E-state index in [1.54, 1.807) is 6.92 Å². The number of nitrogens with one attached hydrogen (secondary N) is 1. The number of amides is 1. The molecule has 0 aliphatic carbocycles. The molecule has 0 aromatic heterocycles. The predicted octanol–water partition coefficient (Wildman–Crippen LogP) is 0.155. The summed E-state index contributed by atoms with van der Waals surface area (Å²) in [6.45, 7) is 0.804. The Morgan fingerprint density at radius 2 is 2.21 bits per heavy atom. The van der Waals surface area contributed by atoms with Crippen molar-refractivity contribution in [2.75, 3.05) is 19.8 Å². The SMILES string of the molecule is C[C@H](CO)NC(=O)CCOCC(F)F. The van der Waals surface area contributed by atoms with Crippen LogP contribution in [0.5, 0.6) is 0 Å². The van der Waals surface area contributed by atoms with Crippen LogP contribution in [0.4, 0.5) is 8.78 Å². The first-order valence-electron chi connectivity index (χ1n) is 4.32. The molecule has 0 rings (SSSR count). The summed E-state index contributed by atoms with van der Waals surface area (Å²) in [6, 6.07) is -0.322. The second-order valence-corrected chi connectivity index (χ2v) is 2.87.